The first kappa shape index (κ1) is 14.3. The van der Waals surface area contributed by atoms with E-state index in [2.05, 4.69) is 19.2 Å². The molecule has 5 heteroatoms. The molecule has 0 atom stereocenters. The number of aromatic nitrogens is 1. The van der Waals surface area contributed by atoms with Crippen molar-refractivity contribution in [1.29, 1.82) is 0 Å². The second-order valence-electron chi connectivity index (χ2n) is 4.46. The van der Waals surface area contributed by atoms with E-state index in [0.29, 0.717) is 12.6 Å². The highest BCUT2D eigenvalue weighted by molar-refractivity contribution is 7.91. The van der Waals surface area contributed by atoms with E-state index >= 15 is 0 Å². The Labute approximate surface area is 104 Å². The number of hydrogen-bond donors (Lipinski definition) is 1. The van der Waals surface area contributed by atoms with Crippen molar-refractivity contribution < 1.29 is 8.42 Å². The third kappa shape index (κ3) is 4.91. The third-order valence-electron chi connectivity index (χ3n) is 2.70. The van der Waals surface area contributed by atoms with E-state index in [9.17, 15) is 8.42 Å². The van der Waals surface area contributed by atoms with E-state index in [1.165, 1.54) is 0 Å². The number of sulfone groups is 1. The van der Waals surface area contributed by atoms with Crippen LogP contribution in [0.15, 0.2) is 18.3 Å². The highest BCUT2D eigenvalue weighted by atomic mass is 32.2. The molecule has 0 amide bonds. The molecule has 0 fully saturated rings. The van der Waals surface area contributed by atoms with Gasteiger partial charge >= 0.3 is 0 Å². The molecule has 0 aliphatic rings. The normalized spacial score (nSPS) is 12.2. The molecular weight excluding hydrogens is 236 g/mol. The summed E-state index contributed by atoms with van der Waals surface area (Å²) in [6.07, 6.45) is 1.93. The Morgan fingerprint density at radius 1 is 1.41 bits per heavy atom. The molecule has 1 aromatic rings. The molecule has 0 spiro atoms. The average Bonchev–Trinajstić information content (AvgIpc) is 2.71. The van der Waals surface area contributed by atoms with Gasteiger partial charge in [-0.1, -0.05) is 20.8 Å². The molecule has 0 bridgehead atoms. The van der Waals surface area contributed by atoms with E-state index < -0.39 is 9.84 Å². The molecule has 0 saturated carbocycles. The van der Waals surface area contributed by atoms with Crippen molar-refractivity contribution in [3.05, 3.63) is 24.0 Å². The molecule has 4 nitrogen and oxygen atoms in total. The largest absolute Gasteiger partial charge is 0.349 e. The zero-order valence-corrected chi connectivity index (χ0v) is 11.6. The van der Waals surface area contributed by atoms with Gasteiger partial charge in [-0.05, 0) is 12.1 Å². The van der Waals surface area contributed by atoms with Crippen molar-refractivity contribution >= 4 is 9.84 Å². The second-order valence-corrected chi connectivity index (χ2v) is 6.94. The molecule has 17 heavy (non-hydrogen) atoms. The van der Waals surface area contributed by atoms with Crippen LogP contribution in [-0.2, 0) is 22.9 Å². The minimum absolute atomic E-state index is 0.215. The summed E-state index contributed by atoms with van der Waals surface area (Å²) in [5, 5.41) is 3.33. The monoisotopic (exact) mass is 258 g/mol. The smallest absolute Gasteiger partial charge is 0.151 e. The summed E-state index contributed by atoms with van der Waals surface area (Å²) < 4.78 is 24.9. The minimum atomic E-state index is -2.88. The van der Waals surface area contributed by atoms with Crippen LogP contribution in [0.4, 0.5) is 0 Å². The van der Waals surface area contributed by atoms with Gasteiger partial charge in [-0.15, -0.1) is 0 Å². The van der Waals surface area contributed by atoms with Crippen LogP contribution in [-0.4, -0.2) is 30.5 Å². The third-order valence-corrected chi connectivity index (χ3v) is 4.38. The van der Waals surface area contributed by atoms with Crippen LogP contribution in [0.2, 0.25) is 0 Å². The van der Waals surface area contributed by atoms with Gasteiger partial charge in [-0.2, -0.15) is 0 Å². The van der Waals surface area contributed by atoms with Gasteiger partial charge in [0.15, 0.2) is 9.84 Å². The molecule has 0 aliphatic carbocycles. The zero-order chi connectivity index (χ0) is 12.9. The van der Waals surface area contributed by atoms with E-state index in [4.69, 9.17) is 0 Å². The topological polar surface area (TPSA) is 51.1 Å². The van der Waals surface area contributed by atoms with Crippen molar-refractivity contribution in [3.8, 4) is 0 Å². The Morgan fingerprint density at radius 2 is 2.12 bits per heavy atom. The summed E-state index contributed by atoms with van der Waals surface area (Å²) in [4.78, 5) is 0. The van der Waals surface area contributed by atoms with E-state index in [1.807, 2.05) is 22.9 Å². The fraction of sp³-hybridized carbons (Fsp3) is 0.667. The quantitative estimate of drug-likeness (QED) is 0.805. The molecule has 0 saturated heterocycles. The van der Waals surface area contributed by atoms with Crippen molar-refractivity contribution in [1.82, 2.24) is 9.88 Å². The predicted molar refractivity (Wildman–Crippen MR) is 70.7 cm³/mol. The maximum absolute atomic E-state index is 11.4. The first-order valence-corrected chi connectivity index (χ1v) is 7.84. The molecular formula is C12H22N2O2S. The van der Waals surface area contributed by atoms with E-state index in [1.54, 1.807) is 6.92 Å². The number of aryl methyl sites for hydroxylation is 1. The fourth-order valence-corrected chi connectivity index (χ4v) is 2.28. The summed E-state index contributed by atoms with van der Waals surface area (Å²) >= 11 is 0. The van der Waals surface area contributed by atoms with Crippen molar-refractivity contribution in [3.63, 3.8) is 0 Å². The standard InChI is InChI=1S/C12H22N2O2S/c1-4-17(15,16)9-8-14-7-5-6-12(14)10-13-11(2)3/h5-7,11,13H,4,8-10H2,1-3H3. The molecule has 0 radical (unpaired) electrons. The molecule has 0 unspecified atom stereocenters. The first-order valence-electron chi connectivity index (χ1n) is 6.02. The van der Waals surface area contributed by atoms with Gasteiger partial charge in [-0.3, -0.25) is 0 Å². The maximum Gasteiger partial charge on any atom is 0.151 e. The van der Waals surface area contributed by atoms with Gasteiger partial charge < -0.3 is 9.88 Å². The Kier molecular flexibility index (Phi) is 5.21. The van der Waals surface area contributed by atoms with Gasteiger partial charge in [0.2, 0.25) is 0 Å². The van der Waals surface area contributed by atoms with E-state index in [-0.39, 0.29) is 11.5 Å². The molecule has 0 aromatic carbocycles. The Bertz CT molecular complexity index is 435. The van der Waals surface area contributed by atoms with Gasteiger partial charge in [-0.25, -0.2) is 8.42 Å². The lowest BCUT2D eigenvalue weighted by atomic mass is 10.3. The lowest BCUT2D eigenvalue weighted by molar-refractivity contribution is 0.556. The highest BCUT2D eigenvalue weighted by Crippen LogP contribution is 2.04. The summed E-state index contributed by atoms with van der Waals surface area (Å²) in [7, 11) is -2.88. The van der Waals surface area contributed by atoms with Gasteiger partial charge in [0, 0.05) is 36.8 Å². The number of nitrogens with one attached hydrogen (secondary N) is 1. The highest BCUT2D eigenvalue weighted by Gasteiger charge is 2.09. The summed E-state index contributed by atoms with van der Waals surface area (Å²) in [5.41, 5.74) is 1.13. The van der Waals surface area contributed by atoms with Crippen molar-refractivity contribution in [2.24, 2.45) is 0 Å². The molecule has 1 aromatic heterocycles. The summed E-state index contributed by atoms with van der Waals surface area (Å²) in [6.45, 7) is 7.19. The molecule has 98 valence electrons. The maximum atomic E-state index is 11.4. The molecule has 0 aliphatic heterocycles. The second kappa shape index (κ2) is 6.21. The minimum Gasteiger partial charge on any atom is -0.349 e. The van der Waals surface area contributed by atoms with Crippen LogP contribution in [0.5, 0.6) is 0 Å². The summed E-state index contributed by atoms with van der Waals surface area (Å²) in [5.74, 6) is 0.431. The van der Waals surface area contributed by atoms with Crippen LogP contribution in [0, 0.1) is 0 Å². The van der Waals surface area contributed by atoms with Crippen LogP contribution >= 0.6 is 0 Å². The fourth-order valence-electron chi connectivity index (χ4n) is 1.52. The van der Waals surface area contributed by atoms with Gasteiger partial charge in [0.05, 0.1) is 5.75 Å². The number of nitrogens with zero attached hydrogens (tertiary/aromatic N) is 1. The van der Waals surface area contributed by atoms with Crippen LogP contribution < -0.4 is 5.32 Å². The Hall–Kier alpha value is -0.810. The zero-order valence-electron chi connectivity index (χ0n) is 10.8. The average molecular weight is 258 g/mol. The van der Waals surface area contributed by atoms with Gasteiger partial charge in [0.1, 0.15) is 0 Å². The van der Waals surface area contributed by atoms with Crippen molar-refractivity contribution in [2.75, 3.05) is 11.5 Å². The summed E-state index contributed by atoms with van der Waals surface area (Å²) in [6, 6.07) is 4.40. The van der Waals surface area contributed by atoms with Crippen LogP contribution in [0.1, 0.15) is 26.5 Å². The van der Waals surface area contributed by atoms with Crippen LogP contribution in [0.3, 0.4) is 0 Å². The SMILES string of the molecule is CCS(=O)(=O)CCn1cccc1CNC(C)C. The lowest BCUT2D eigenvalue weighted by Crippen LogP contribution is -2.24. The lowest BCUT2D eigenvalue weighted by Gasteiger charge is -2.12. The van der Waals surface area contributed by atoms with Crippen molar-refractivity contribution in [2.45, 2.75) is 39.9 Å². The van der Waals surface area contributed by atoms with Crippen LogP contribution in [0.25, 0.3) is 0 Å². The Morgan fingerprint density at radius 3 is 2.71 bits per heavy atom. The first-order chi connectivity index (χ1) is 7.94. The number of hydrogen-bond acceptors (Lipinski definition) is 3. The molecule has 1 heterocycles. The van der Waals surface area contributed by atoms with Gasteiger partial charge in [0.25, 0.3) is 0 Å². The number of rotatable bonds is 7. The predicted octanol–water partition coefficient (Wildman–Crippen LogP) is 1.42. The molecule has 1 N–H and O–H groups in total. The molecule has 1 rings (SSSR count). The van der Waals surface area contributed by atoms with E-state index in [0.717, 1.165) is 12.2 Å². The Balaban J connectivity index is 2.57.